The number of aromatic hydroxyl groups is 1. The van der Waals surface area contributed by atoms with Crippen LogP contribution in [0, 0.1) is 0 Å². The number of ether oxygens (including phenoxy) is 2. The van der Waals surface area contributed by atoms with Crippen LogP contribution in [-0.2, 0) is 19.9 Å². The van der Waals surface area contributed by atoms with Crippen molar-refractivity contribution in [2.75, 3.05) is 0 Å². The van der Waals surface area contributed by atoms with Gasteiger partial charge in [0.15, 0.2) is 5.67 Å². The molecule has 0 unspecified atom stereocenters. The van der Waals surface area contributed by atoms with Gasteiger partial charge in [-0.15, -0.1) is 0 Å². The lowest BCUT2D eigenvalue weighted by Crippen LogP contribution is -2.29. The summed E-state index contributed by atoms with van der Waals surface area (Å²) >= 11 is 0. The van der Waals surface area contributed by atoms with E-state index in [2.05, 4.69) is 0 Å². The predicted molar refractivity (Wildman–Crippen MR) is 98.4 cm³/mol. The Morgan fingerprint density at radius 1 is 1.07 bits per heavy atom. The van der Waals surface area contributed by atoms with Crippen molar-refractivity contribution in [1.29, 1.82) is 0 Å². The zero-order valence-electron chi connectivity index (χ0n) is 15.5. The van der Waals surface area contributed by atoms with Gasteiger partial charge >= 0.3 is 11.9 Å². The van der Waals surface area contributed by atoms with Crippen LogP contribution in [0.15, 0.2) is 42.5 Å². The average molecular weight is 390 g/mol. The van der Waals surface area contributed by atoms with Gasteiger partial charge in [-0.1, -0.05) is 18.2 Å². The van der Waals surface area contributed by atoms with Gasteiger partial charge in [-0.3, -0.25) is 4.79 Å². The third kappa shape index (κ3) is 4.59. The molecule has 1 saturated carbocycles. The first-order valence-electron chi connectivity index (χ1n) is 9.24. The van der Waals surface area contributed by atoms with Crippen molar-refractivity contribution in [3.63, 3.8) is 0 Å². The van der Waals surface area contributed by atoms with Crippen LogP contribution in [0.4, 0.5) is 4.39 Å². The van der Waals surface area contributed by atoms with E-state index in [-0.39, 0.29) is 35.1 Å². The maximum Gasteiger partial charge on any atom is 0.342 e. The summed E-state index contributed by atoms with van der Waals surface area (Å²) in [6.07, 6.45) is 5.92. The summed E-state index contributed by atoms with van der Waals surface area (Å²) in [5.41, 5.74) is -1.95. The number of carbonyl (C=O) groups excluding carboxylic acids is 2. The van der Waals surface area contributed by atoms with Crippen LogP contribution in [0.5, 0.6) is 5.75 Å². The molecule has 3 rings (SSSR count). The number of carbonyl (C=O) groups is 2. The number of allylic oxidation sites excluding steroid dienone is 2. The van der Waals surface area contributed by atoms with Gasteiger partial charge < -0.3 is 19.7 Å². The molecule has 1 aromatic carbocycles. The van der Waals surface area contributed by atoms with Gasteiger partial charge in [0.2, 0.25) is 0 Å². The number of aliphatic hydroxyl groups excluding tert-OH is 1. The molecule has 0 heterocycles. The highest BCUT2D eigenvalue weighted by Gasteiger charge is 2.31. The van der Waals surface area contributed by atoms with Crippen molar-refractivity contribution in [2.24, 2.45) is 0 Å². The number of halogens is 1. The molecule has 0 atom stereocenters. The van der Waals surface area contributed by atoms with Crippen molar-refractivity contribution in [2.45, 2.75) is 56.6 Å². The number of rotatable bonds is 4. The summed E-state index contributed by atoms with van der Waals surface area (Å²) in [6.45, 7) is 1.36. The number of alkyl halides is 1. The van der Waals surface area contributed by atoms with Crippen LogP contribution >= 0.6 is 0 Å². The fraction of sp³-hybridized carbons (Fsp3) is 0.429. The van der Waals surface area contributed by atoms with Crippen LogP contribution in [0.3, 0.4) is 0 Å². The van der Waals surface area contributed by atoms with E-state index in [1.54, 1.807) is 0 Å². The minimum atomic E-state index is -1.98. The van der Waals surface area contributed by atoms with Crippen LogP contribution in [-0.4, -0.2) is 40.5 Å². The van der Waals surface area contributed by atoms with Crippen LogP contribution in [0.1, 0.15) is 48.5 Å². The van der Waals surface area contributed by atoms with Crippen molar-refractivity contribution >= 4 is 11.9 Å². The Hall–Kier alpha value is -2.67. The molecular formula is C21H23FO6. The fourth-order valence-electron chi connectivity index (χ4n) is 3.44. The fourth-order valence-corrected chi connectivity index (χ4v) is 3.44. The molecular weight excluding hydrogens is 367 g/mol. The van der Waals surface area contributed by atoms with Crippen molar-refractivity contribution in [3.8, 4) is 5.75 Å². The van der Waals surface area contributed by atoms with E-state index in [9.17, 15) is 19.8 Å². The summed E-state index contributed by atoms with van der Waals surface area (Å²) < 4.78 is 25.7. The summed E-state index contributed by atoms with van der Waals surface area (Å²) in [4.78, 5) is 23.5. The van der Waals surface area contributed by atoms with Crippen LogP contribution < -0.4 is 0 Å². The van der Waals surface area contributed by atoms with Gasteiger partial charge in [0.05, 0.1) is 6.10 Å². The second-order valence-corrected chi connectivity index (χ2v) is 7.12. The normalized spacial score (nSPS) is 29.3. The number of benzene rings is 1. The van der Waals surface area contributed by atoms with Crippen LogP contribution in [0.2, 0.25) is 0 Å². The van der Waals surface area contributed by atoms with Crippen LogP contribution in [0.25, 0.3) is 0 Å². The number of phenols is 1. The molecule has 0 aromatic heterocycles. The third-order valence-electron chi connectivity index (χ3n) is 4.96. The van der Waals surface area contributed by atoms with Gasteiger partial charge in [0.1, 0.15) is 23.5 Å². The predicted octanol–water partition coefficient (Wildman–Crippen LogP) is 3.08. The molecule has 0 amide bonds. The highest BCUT2D eigenvalue weighted by Crippen LogP contribution is 2.35. The first-order chi connectivity index (χ1) is 13.3. The molecule has 0 radical (unpaired) electrons. The van der Waals surface area contributed by atoms with Gasteiger partial charge in [0, 0.05) is 6.92 Å². The minimum Gasteiger partial charge on any atom is -0.507 e. The molecule has 0 aliphatic heterocycles. The van der Waals surface area contributed by atoms with E-state index in [4.69, 9.17) is 9.47 Å². The van der Waals surface area contributed by atoms with Gasteiger partial charge in [-0.2, -0.15) is 0 Å². The molecule has 2 N–H and O–H groups in total. The van der Waals surface area contributed by atoms with Crippen molar-refractivity contribution < 1.29 is 33.7 Å². The zero-order chi connectivity index (χ0) is 20.3. The molecule has 7 heteroatoms. The van der Waals surface area contributed by atoms with E-state index in [1.165, 1.54) is 49.4 Å². The first-order valence-corrected chi connectivity index (χ1v) is 9.24. The third-order valence-corrected chi connectivity index (χ3v) is 4.96. The maximum atomic E-state index is 15.1. The van der Waals surface area contributed by atoms with E-state index >= 15 is 4.39 Å². The highest BCUT2D eigenvalue weighted by molar-refractivity contribution is 5.92. The SMILES string of the molecule is CC(=O)O[C@H]1CC[C@H](OC(=O)c2cc(C3(F)C=CC(O)C=C3)ccc2O)CC1. The lowest BCUT2D eigenvalue weighted by atomic mass is 9.89. The number of phenolic OH excluding ortho intramolecular Hbond substituents is 1. The summed E-state index contributed by atoms with van der Waals surface area (Å²) in [5, 5.41) is 19.5. The second kappa shape index (κ2) is 8.14. The number of hydrogen-bond donors (Lipinski definition) is 2. The average Bonchev–Trinajstić information content (AvgIpc) is 2.65. The van der Waals surface area contributed by atoms with E-state index < -0.39 is 17.7 Å². The minimum absolute atomic E-state index is 0.121. The smallest absolute Gasteiger partial charge is 0.342 e. The Morgan fingerprint density at radius 2 is 1.64 bits per heavy atom. The zero-order valence-corrected chi connectivity index (χ0v) is 15.5. The largest absolute Gasteiger partial charge is 0.507 e. The van der Waals surface area contributed by atoms with E-state index in [0.29, 0.717) is 25.7 Å². The Labute approximate surface area is 162 Å². The lowest BCUT2D eigenvalue weighted by molar-refractivity contribution is -0.148. The molecule has 1 fully saturated rings. The number of aliphatic hydroxyl groups is 1. The molecule has 2 aliphatic rings. The Kier molecular flexibility index (Phi) is 5.84. The first kappa shape index (κ1) is 20.1. The van der Waals surface area contributed by atoms with E-state index in [0.717, 1.165) is 0 Å². The molecule has 150 valence electrons. The van der Waals surface area contributed by atoms with Gasteiger partial charge in [0.25, 0.3) is 0 Å². The summed E-state index contributed by atoms with van der Waals surface area (Å²) in [7, 11) is 0. The Morgan fingerprint density at radius 3 is 2.21 bits per heavy atom. The standard InChI is InChI=1S/C21H23FO6/c1-13(23)27-16-3-5-17(6-4-16)28-20(26)18-12-14(2-7-19(18)25)21(22)10-8-15(24)9-11-21/h2,7-12,15-17,24-25H,3-6H2,1H3/t15?,16-,17-,21?. The number of esters is 2. The second-order valence-electron chi connectivity index (χ2n) is 7.12. The van der Waals surface area contributed by atoms with Gasteiger partial charge in [-0.05, 0) is 55.5 Å². The molecule has 0 bridgehead atoms. The lowest BCUT2D eigenvalue weighted by Gasteiger charge is -2.28. The summed E-state index contributed by atoms with van der Waals surface area (Å²) in [5.74, 6) is -1.36. The Bertz CT molecular complexity index is 793. The summed E-state index contributed by atoms with van der Waals surface area (Å²) in [6, 6.07) is 3.88. The highest BCUT2D eigenvalue weighted by atomic mass is 19.1. The quantitative estimate of drug-likeness (QED) is 0.606. The van der Waals surface area contributed by atoms with Crippen molar-refractivity contribution in [1.82, 2.24) is 0 Å². The van der Waals surface area contributed by atoms with Gasteiger partial charge in [-0.25, -0.2) is 9.18 Å². The molecule has 6 nitrogen and oxygen atoms in total. The molecule has 2 aliphatic carbocycles. The molecule has 0 saturated heterocycles. The molecule has 28 heavy (non-hydrogen) atoms. The molecule has 0 spiro atoms. The maximum absolute atomic E-state index is 15.1. The monoisotopic (exact) mass is 390 g/mol. The van der Waals surface area contributed by atoms with E-state index in [1.807, 2.05) is 0 Å². The topological polar surface area (TPSA) is 93.1 Å². The number of hydrogen-bond acceptors (Lipinski definition) is 6. The molecule has 1 aromatic rings. The van der Waals surface area contributed by atoms with Crippen molar-refractivity contribution in [3.05, 3.63) is 53.6 Å². The Balaban J connectivity index is 1.68.